The number of methoxy groups -OCH3 is 1. The third-order valence-electron chi connectivity index (χ3n) is 7.17. The summed E-state index contributed by atoms with van der Waals surface area (Å²) in [5, 5.41) is 9.39. The number of ether oxygens (including phenoxy) is 2. The Kier molecular flexibility index (Phi) is 6.86. The molecule has 4 rings (SSSR count). The van der Waals surface area contributed by atoms with Crippen molar-refractivity contribution in [1.29, 1.82) is 0 Å². The average Bonchev–Trinajstić information content (AvgIpc) is 3.63. The molecule has 1 unspecified atom stereocenters. The lowest BCUT2D eigenvalue weighted by molar-refractivity contribution is -0.151. The summed E-state index contributed by atoms with van der Waals surface area (Å²) in [7, 11) is 1.58. The van der Waals surface area contributed by atoms with E-state index in [0.717, 1.165) is 45.4 Å². The molecule has 178 valence electrons. The van der Waals surface area contributed by atoms with E-state index in [2.05, 4.69) is 4.98 Å². The van der Waals surface area contributed by atoms with Gasteiger partial charge in [0.2, 0.25) is 11.5 Å². The number of carbonyl (C=O) groups is 1. The molecular formula is C26H31F2NO4. The zero-order valence-electron chi connectivity index (χ0n) is 19.1. The van der Waals surface area contributed by atoms with E-state index in [-0.39, 0.29) is 17.7 Å². The van der Waals surface area contributed by atoms with Crippen LogP contribution in [0.3, 0.4) is 0 Å². The van der Waals surface area contributed by atoms with Gasteiger partial charge in [-0.3, -0.25) is 0 Å². The van der Waals surface area contributed by atoms with Crippen molar-refractivity contribution in [1.82, 2.24) is 4.98 Å². The fourth-order valence-corrected chi connectivity index (χ4v) is 5.09. The first-order valence-corrected chi connectivity index (χ1v) is 11.6. The van der Waals surface area contributed by atoms with Gasteiger partial charge in [-0.05, 0) is 98.6 Å². The molecule has 33 heavy (non-hydrogen) atoms. The van der Waals surface area contributed by atoms with Crippen LogP contribution in [0, 0.1) is 17.7 Å². The van der Waals surface area contributed by atoms with Gasteiger partial charge in [-0.1, -0.05) is 0 Å². The van der Waals surface area contributed by atoms with E-state index < -0.39 is 17.6 Å². The van der Waals surface area contributed by atoms with Crippen LogP contribution in [-0.4, -0.2) is 35.4 Å². The molecule has 2 saturated carbocycles. The number of carboxylic acids is 1. The number of hydrogen-bond donors (Lipinski definition) is 1. The summed E-state index contributed by atoms with van der Waals surface area (Å²) in [5.74, 6) is -0.779. The van der Waals surface area contributed by atoms with Gasteiger partial charge in [-0.2, -0.15) is 0 Å². The summed E-state index contributed by atoms with van der Waals surface area (Å²) < 4.78 is 40.5. The van der Waals surface area contributed by atoms with Crippen molar-refractivity contribution in [3.05, 3.63) is 53.5 Å². The quantitative estimate of drug-likeness (QED) is 0.507. The van der Waals surface area contributed by atoms with Crippen LogP contribution in [0.5, 0.6) is 11.6 Å². The molecule has 0 spiro atoms. The Morgan fingerprint density at radius 3 is 2.55 bits per heavy atom. The van der Waals surface area contributed by atoms with E-state index in [0.29, 0.717) is 35.3 Å². The van der Waals surface area contributed by atoms with E-state index >= 15 is 4.39 Å². The predicted molar refractivity (Wildman–Crippen MR) is 120 cm³/mol. The summed E-state index contributed by atoms with van der Waals surface area (Å²) in [4.78, 5) is 15.8. The fourth-order valence-electron chi connectivity index (χ4n) is 5.09. The van der Waals surface area contributed by atoms with Crippen molar-refractivity contribution < 1.29 is 28.2 Å². The third-order valence-corrected chi connectivity index (χ3v) is 7.17. The van der Waals surface area contributed by atoms with Crippen LogP contribution in [0.25, 0.3) is 0 Å². The number of rotatable bonds is 9. The highest BCUT2D eigenvalue weighted by molar-refractivity contribution is 5.78. The standard InChI is InChI=1S/C26H31F2NO4/c1-26(28,25(30)31)24(18-7-8-18)19-11-12-29-23(13-19)33-15-16-3-5-17(6-4-16)21-14-20(32-2)9-10-22(21)27/h9-14,16-18,24H,3-8,15H2,1-2H3,(H,30,31)/t16?,17?,24-,26?/m0/s1. The van der Waals surface area contributed by atoms with E-state index in [4.69, 9.17) is 9.47 Å². The molecule has 0 aliphatic heterocycles. The minimum absolute atomic E-state index is 0.0265. The number of pyridine rings is 1. The van der Waals surface area contributed by atoms with Crippen LogP contribution in [0.1, 0.15) is 68.4 Å². The maximum Gasteiger partial charge on any atom is 0.341 e. The number of halogens is 2. The van der Waals surface area contributed by atoms with Gasteiger partial charge in [-0.25, -0.2) is 18.6 Å². The molecule has 1 heterocycles. The molecule has 2 aliphatic carbocycles. The van der Waals surface area contributed by atoms with Gasteiger partial charge < -0.3 is 14.6 Å². The first kappa shape index (κ1) is 23.5. The fraction of sp³-hybridized carbons (Fsp3) is 0.538. The molecule has 1 N–H and O–H groups in total. The Labute approximate surface area is 193 Å². The number of alkyl halides is 1. The first-order chi connectivity index (χ1) is 15.8. The van der Waals surface area contributed by atoms with Crippen LogP contribution >= 0.6 is 0 Å². The molecule has 0 radical (unpaired) electrons. The second-order valence-electron chi connectivity index (χ2n) is 9.54. The third kappa shape index (κ3) is 5.28. The number of nitrogens with zero attached hydrogens (tertiary/aromatic N) is 1. The van der Waals surface area contributed by atoms with Crippen molar-refractivity contribution >= 4 is 5.97 Å². The second-order valence-corrected chi connectivity index (χ2v) is 9.54. The molecule has 0 amide bonds. The largest absolute Gasteiger partial charge is 0.497 e. The molecule has 2 aliphatic rings. The Bertz CT molecular complexity index is 984. The summed E-state index contributed by atoms with van der Waals surface area (Å²) in [6.45, 7) is 1.62. The van der Waals surface area contributed by atoms with Gasteiger partial charge in [0, 0.05) is 18.2 Å². The number of aliphatic carboxylic acids is 1. The zero-order valence-corrected chi connectivity index (χ0v) is 19.1. The summed E-state index contributed by atoms with van der Waals surface area (Å²) in [5.41, 5.74) is -1.01. The molecular weight excluding hydrogens is 428 g/mol. The average molecular weight is 460 g/mol. The minimum Gasteiger partial charge on any atom is -0.497 e. The van der Waals surface area contributed by atoms with Crippen molar-refractivity contribution in [2.24, 2.45) is 11.8 Å². The molecule has 0 saturated heterocycles. The van der Waals surface area contributed by atoms with Gasteiger partial charge in [0.05, 0.1) is 13.7 Å². The predicted octanol–water partition coefficient (Wildman–Crippen LogP) is 5.89. The monoisotopic (exact) mass is 459 g/mol. The van der Waals surface area contributed by atoms with Crippen molar-refractivity contribution in [3.8, 4) is 11.6 Å². The lowest BCUT2D eigenvalue weighted by Gasteiger charge is -2.29. The number of hydrogen-bond acceptors (Lipinski definition) is 4. The highest BCUT2D eigenvalue weighted by Crippen LogP contribution is 2.50. The van der Waals surface area contributed by atoms with E-state index in [1.165, 1.54) is 6.07 Å². The van der Waals surface area contributed by atoms with Gasteiger partial charge in [0.1, 0.15) is 11.6 Å². The maximum atomic E-state index is 15.0. The number of benzene rings is 1. The number of aromatic nitrogens is 1. The highest BCUT2D eigenvalue weighted by atomic mass is 19.1. The first-order valence-electron chi connectivity index (χ1n) is 11.6. The topological polar surface area (TPSA) is 68.7 Å². The van der Waals surface area contributed by atoms with Crippen molar-refractivity contribution in [2.45, 2.75) is 63.0 Å². The van der Waals surface area contributed by atoms with Crippen LogP contribution < -0.4 is 9.47 Å². The second kappa shape index (κ2) is 9.65. The molecule has 2 aromatic rings. The van der Waals surface area contributed by atoms with Crippen molar-refractivity contribution in [2.75, 3.05) is 13.7 Å². The number of carboxylic acid groups (broad SMARTS) is 1. The molecule has 2 atom stereocenters. The lowest BCUT2D eigenvalue weighted by Crippen LogP contribution is -2.38. The maximum absolute atomic E-state index is 15.0. The Morgan fingerprint density at radius 1 is 1.18 bits per heavy atom. The SMILES string of the molecule is COc1ccc(F)c(C2CCC(COc3cc([C@H](C4CC4)C(C)(F)C(=O)O)ccn3)CC2)c1. The molecule has 2 fully saturated rings. The zero-order chi connectivity index (χ0) is 23.6. The van der Waals surface area contributed by atoms with Crippen molar-refractivity contribution in [3.63, 3.8) is 0 Å². The van der Waals surface area contributed by atoms with Crippen LogP contribution in [-0.2, 0) is 4.79 Å². The Balaban J connectivity index is 1.36. The Hall–Kier alpha value is -2.70. The smallest absolute Gasteiger partial charge is 0.341 e. The molecule has 1 aromatic heterocycles. The van der Waals surface area contributed by atoms with E-state index in [9.17, 15) is 14.3 Å². The van der Waals surface area contributed by atoms with Crippen LogP contribution in [0.2, 0.25) is 0 Å². The summed E-state index contributed by atoms with van der Waals surface area (Å²) >= 11 is 0. The normalized spacial score (nSPS) is 23.4. The molecule has 5 nitrogen and oxygen atoms in total. The van der Waals surface area contributed by atoms with Crippen LogP contribution in [0.15, 0.2) is 36.5 Å². The molecule has 7 heteroatoms. The van der Waals surface area contributed by atoms with Gasteiger partial charge >= 0.3 is 5.97 Å². The van der Waals surface area contributed by atoms with Gasteiger partial charge in [-0.15, -0.1) is 0 Å². The molecule has 0 bridgehead atoms. The highest BCUT2D eigenvalue weighted by Gasteiger charge is 2.50. The van der Waals surface area contributed by atoms with Gasteiger partial charge in [0.15, 0.2) is 0 Å². The lowest BCUT2D eigenvalue weighted by atomic mass is 9.79. The molecule has 1 aromatic carbocycles. The summed E-state index contributed by atoms with van der Waals surface area (Å²) in [6.07, 6.45) is 6.77. The Morgan fingerprint density at radius 2 is 1.91 bits per heavy atom. The minimum atomic E-state index is -2.34. The van der Waals surface area contributed by atoms with E-state index in [1.54, 1.807) is 37.6 Å². The van der Waals surface area contributed by atoms with Gasteiger partial charge in [0.25, 0.3) is 0 Å². The van der Waals surface area contributed by atoms with Crippen LogP contribution in [0.4, 0.5) is 8.78 Å². The van der Waals surface area contributed by atoms with E-state index in [1.807, 2.05) is 0 Å². The summed E-state index contributed by atoms with van der Waals surface area (Å²) in [6, 6.07) is 8.25.